The van der Waals surface area contributed by atoms with E-state index in [-0.39, 0.29) is 12.1 Å². The van der Waals surface area contributed by atoms with Gasteiger partial charge in [-0.2, -0.15) is 11.8 Å². The molecular formula is C10H19NO2S. The summed E-state index contributed by atoms with van der Waals surface area (Å²) in [6.45, 7) is 8.44. The van der Waals surface area contributed by atoms with Crippen molar-refractivity contribution >= 4 is 17.7 Å². The number of nitrogens with one attached hydrogen (secondary N) is 1. The molecule has 0 spiro atoms. The average molecular weight is 217 g/mol. The van der Waals surface area contributed by atoms with Gasteiger partial charge in [0.25, 0.3) is 0 Å². The van der Waals surface area contributed by atoms with Crippen LogP contribution in [-0.4, -0.2) is 36.7 Å². The van der Waals surface area contributed by atoms with Crippen molar-refractivity contribution in [3.63, 3.8) is 0 Å². The summed E-state index contributed by atoms with van der Waals surface area (Å²) in [6, 6.07) is 0. The molecule has 0 radical (unpaired) electrons. The van der Waals surface area contributed by atoms with Gasteiger partial charge in [-0.05, 0) is 13.8 Å². The number of hydrogen-bond acceptors (Lipinski definition) is 4. The summed E-state index contributed by atoms with van der Waals surface area (Å²) in [6.07, 6.45) is 1.84. The summed E-state index contributed by atoms with van der Waals surface area (Å²) in [7, 11) is 0. The molecule has 0 aromatic carbocycles. The molecule has 0 saturated heterocycles. The van der Waals surface area contributed by atoms with Gasteiger partial charge >= 0.3 is 5.97 Å². The van der Waals surface area contributed by atoms with Crippen LogP contribution in [0, 0.1) is 0 Å². The van der Waals surface area contributed by atoms with Crippen molar-refractivity contribution in [2.24, 2.45) is 0 Å². The van der Waals surface area contributed by atoms with Crippen molar-refractivity contribution in [3.05, 3.63) is 12.7 Å². The highest BCUT2D eigenvalue weighted by Gasteiger charge is 2.03. The van der Waals surface area contributed by atoms with Crippen molar-refractivity contribution < 1.29 is 9.53 Å². The zero-order valence-electron chi connectivity index (χ0n) is 8.91. The standard InChI is InChI=1S/C10H19NO2S/c1-4-6-14-7-5-11-8-10(12)13-9(2)3/h4,9,11H,1,5-8H2,2-3H3. The molecule has 0 aliphatic carbocycles. The summed E-state index contributed by atoms with van der Waals surface area (Å²) >= 11 is 1.79. The highest BCUT2D eigenvalue weighted by atomic mass is 32.2. The van der Waals surface area contributed by atoms with Crippen molar-refractivity contribution in [3.8, 4) is 0 Å². The third kappa shape index (κ3) is 9.61. The number of rotatable bonds is 8. The maximum atomic E-state index is 11.0. The van der Waals surface area contributed by atoms with Gasteiger partial charge in [0.2, 0.25) is 0 Å². The minimum absolute atomic E-state index is 0.0283. The predicted molar refractivity (Wildman–Crippen MR) is 61.6 cm³/mol. The van der Waals surface area contributed by atoms with E-state index in [1.807, 2.05) is 19.9 Å². The molecule has 82 valence electrons. The van der Waals surface area contributed by atoms with E-state index in [9.17, 15) is 4.79 Å². The van der Waals surface area contributed by atoms with Crippen LogP contribution in [0.2, 0.25) is 0 Å². The Balaban J connectivity index is 3.19. The fraction of sp³-hybridized carbons (Fsp3) is 0.700. The SMILES string of the molecule is C=CCSCCNCC(=O)OC(C)C. The van der Waals surface area contributed by atoms with Crippen LogP contribution in [0.15, 0.2) is 12.7 Å². The van der Waals surface area contributed by atoms with Crippen LogP contribution in [0.1, 0.15) is 13.8 Å². The molecule has 0 aliphatic rings. The second-order valence-electron chi connectivity index (χ2n) is 3.08. The van der Waals surface area contributed by atoms with Crippen LogP contribution in [0.5, 0.6) is 0 Å². The fourth-order valence-electron chi connectivity index (χ4n) is 0.806. The Bertz CT molecular complexity index is 172. The van der Waals surface area contributed by atoms with Gasteiger partial charge in [-0.3, -0.25) is 4.79 Å². The smallest absolute Gasteiger partial charge is 0.320 e. The highest BCUT2D eigenvalue weighted by Crippen LogP contribution is 1.96. The van der Waals surface area contributed by atoms with Crippen LogP contribution in [0.3, 0.4) is 0 Å². The summed E-state index contributed by atoms with van der Waals surface area (Å²) < 4.78 is 4.95. The molecule has 0 atom stereocenters. The average Bonchev–Trinajstić information content (AvgIpc) is 2.10. The van der Waals surface area contributed by atoms with Crippen molar-refractivity contribution in [2.45, 2.75) is 20.0 Å². The van der Waals surface area contributed by atoms with Gasteiger partial charge in [0.1, 0.15) is 0 Å². The quantitative estimate of drug-likeness (QED) is 0.379. The molecule has 0 heterocycles. The van der Waals surface area contributed by atoms with E-state index in [2.05, 4.69) is 11.9 Å². The molecule has 0 unspecified atom stereocenters. The lowest BCUT2D eigenvalue weighted by Gasteiger charge is -2.08. The van der Waals surface area contributed by atoms with Crippen LogP contribution in [-0.2, 0) is 9.53 Å². The second-order valence-corrected chi connectivity index (χ2v) is 4.23. The highest BCUT2D eigenvalue weighted by molar-refractivity contribution is 7.99. The van der Waals surface area contributed by atoms with Gasteiger partial charge in [0, 0.05) is 18.1 Å². The van der Waals surface area contributed by atoms with E-state index in [0.29, 0.717) is 6.54 Å². The Morgan fingerprint density at radius 1 is 1.64 bits per heavy atom. The van der Waals surface area contributed by atoms with Gasteiger partial charge in [-0.1, -0.05) is 6.08 Å². The molecular weight excluding hydrogens is 198 g/mol. The minimum atomic E-state index is -0.186. The Hall–Kier alpha value is -0.480. The molecule has 0 bridgehead atoms. The van der Waals surface area contributed by atoms with Gasteiger partial charge < -0.3 is 10.1 Å². The van der Waals surface area contributed by atoms with Crippen molar-refractivity contribution in [1.82, 2.24) is 5.32 Å². The maximum Gasteiger partial charge on any atom is 0.320 e. The fourth-order valence-corrected chi connectivity index (χ4v) is 1.43. The van der Waals surface area contributed by atoms with Gasteiger partial charge in [-0.25, -0.2) is 0 Å². The summed E-state index contributed by atoms with van der Waals surface area (Å²) in [4.78, 5) is 11.0. The first-order valence-electron chi connectivity index (χ1n) is 4.75. The number of thioether (sulfide) groups is 1. The Kier molecular flexibility index (Phi) is 8.78. The third-order valence-electron chi connectivity index (χ3n) is 1.30. The molecule has 0 aromatic rings. The lowest BCUT2D eigenvalue weighted by molar-refractivity contribution is -0.146. The Morgan fingerprint density at radius 3 is 2.93 bits per heavy atom. The molecule has 0 saturated carbocycles. The Morgan fingerprint density at radius 2 is 2.36 bits per heavy atom. The van der Waals surface area contributed by atoms with Crippen LogP contribution in [0.25, 0.3) is 0 Å². The van der Waals surface area contributed by atoms with E-state index in [1.54, 1.807) is 11.8 Å². The lowest BCUT2D eigenvalue weighted by Crippen LogP contribution is -2.28. The molecule has 0 aromatic heterocycles. The number of hydrogen-bond donors (Lipinski definition) is 1. The summed E-state index contributed by atoms with van der Waals surface area (Å²) in [5.41, 5.74) is 0. The third-order valence-corrected chi connectivity index (χ3v) is 2.26. The van der Waals surface area contributed by atoms with E-state index in [0.717, 1.165) is 18.1 Å². The van der Waals surface area contributed by atoms with Crippen molar-refractivity contribution in [2.75, 3.05) is 24.6 Å². The number of ether oxygens (including phenoxy) is 1. The summed E-state index contributed by atoms with van der Waals surface area (Å²) in [5.74, 6) is 1.76. The number of esters is 1. The summed E-state index contributed by atoms with van der Waals surface area (Å²) in [5, 5.41) is 3.02. The molecule has 0 aliphatic heterocycles. The van der Waals surface area contributed by atoms with Crippen LogP contribution < -0.4 is 5.32 Å². The topological polar surface area (TPSA) is 38.3 Å². The van der Waals surface area contributed by atoms with E-state index < -0.39 is 0 Å². The normalized spacial score (nSPS) is 10.2. The monoisotopic (exact) mass is 217 g/mol. The zero-order valence-corrected chi connectivity index (χ0v) is 9.73. The van der Waals surface area contributed by atoms with E-state index >= 15 is 0 Å². The first-order chi connectivity index (χ1) is 6.66. The van der Waals surface area contributed by atoms with E-state index in [4.69, 9.17) is 4.74 Å². The second kappa shape index (κ2) is 9.09. The Labute approximate surface area is 90.3 Å². The number of carbonyl (C=O) groups is 1. The first kappa shape index (κ1) is 13.5. The van der Waals surface area contributed by atoms with Crippen molar-refractivity contribution in [1.29, 1.82) is 0 Å². The van der Waals surface area contributed by atoms with Gasteiger partial charge in [0.15, 0.2) is 0 Å². The molecule has 1 N–H and O–H groups in total. The van der Waals surface area contributed by atoms with Crippen LogP contribution >= 0.6 is 11.8 Å². The molecule has 0 amide bonds. The molecule has 4 heteroatoms. The van der Waals surface area contributed by atoms with Gasteiger partial charge in [0.05, 0.1) is 12.6 Å². The first-order valence-corrected chi connectivity index (χ1v) is 5.91. The maximum absolute atomic E-state index is 11.0. The molecule has 0 fully saturated rings. The van der Waals surface area contributed by atoms with E-state index in [1.165, 1.54) is 0 Å². The predicted octanol–water partition coefficient (Wildman–Crippen LogP) is 1.45. The molecule has 0 rings (SSSR count). The molecule has 3 nitrogen and oxygen atoms in total. The minimum Gasteiger partial charge on any atom is -0.462 e. The number of carbonyl (C=O) groups excluding carboxylic acids is 1. The van der Waals surface area contributed by atoms with Crippen LogP contribution in [0.4, 0.5) is 0 Å². The lowest BCUT2D eigenvalue weighted by atomic mass is 10.5. The largest absolute Gasteiger partial charge is 0.462 e. The molecule has 14 heavy (non-hydrogen) atoms. The zero-order chi connectivity index (χ0) is 10.8. The van der Waals surface area contributed by atoms with Gasteiger partial charge in [-0.15, -0.1) is 6.58 Å².